The monoisotopic (exact) mass is 580 g/mol. The zero-order valence-electron chi connectivity index (χ0n) is 17.7. The number of rotatable bonds is 11. The van der Waals surface area contributed by atoms with Crippen molar-refractivity contribution in [2.75, 3.05) is 6.61 Å². The largest absolute Gasteiger partial charge is 0.468 e. The van der Waals surface area contributed by atoms with Gasteiger partial charge in [-0.1, -0.05) is 6.58 Å². The van der Waals surface area contributed by atoms with Crippen molar-refractivity contribution in [1.29, 1.82) is 0 Å². The van der Waals surface area contributed by atoms with Gasteiger partial charge in [0.05, 0.1) is 12.2 Å². The van der Waals surface area contributed by atoms with Crippen LogP contribution < -0.4 is 4.74 Å². The first-order chi connectivity index (χ1) is 16.5. The standard InChI is InChI=1S/C18H14F10O8S/c1-2-12(29)36-15(17(24,25)26,13(30)35-11-6-4-10(5-7-11)16(21,22)23)34-9-3-8-14(19,20)18(27,28)37(31,32)33/h2,4-7H,1,3,8-9H2,(H,31,32,33). The predicted molar refractivity (Wildman–Crippen MR) is 98.8 cm³/mol. The zero-order chi connectivity index (χ0) is 29.1. The second-order valence-electron chi connectivity index (χ2n) is 6.80. The predicted octanol–water partition coefficient (Wildman–Crippen LogP) is 4.51. The summed E-state index contributed by atoms with van der Waals surface area (Å²) in [4.78, 5) is 23.8. The Labute approximate surface area is 200 Å². The van der Waals surface area contributed by atoms with Crippen molar-refractivity contribution < 1.29 is 80.7 Å². The van der Waals surface area contributed by atoms with Gasteiger partial charge in [-0.05, 0) is 30.7 Å². The van der Waals surface area contributed by atoms with Gasteiger partial charge < -0.3 is 14.2 Å². The van der Waals surface area contributed by atoms with E-state index in [1.54, 1.807) is 0 Å². The Hall–Kier alpha value is -2.93. The van der Waals surface area contributed by atoms with Gasteiger partial charge in [0.25, 0.3) is 0 Å². The van der Waals surface area contributed by atoms with E-state index in [4.69, 9.17) is 4.55 Å². The number of halogens is 10. The molecule has 0 aliphatic rings. The SMILES string of the molecule is C=CC(=O)OC(OCCCC(F)(F)C(F)(F)S(=O)(=O)O)(C(=O)Oc1ccc(C(F)(F)F)cc1)C(F)(F)F. The van der Waals surface area contributed by atoms with E-state index in [-0.39, 0.29) is 6.08 Å². The quantitative estimate of drug-likeness (QED) is 0.0774. The van der Waals surface area contributed by atoms with Gasteiger partial charge >= 0.3 is 51.4 Å². The van der Waals surface area contributed by atoms with E-state index in [0.717, 1.165) is 0 Å². The Balaban J connectivity index is 3.23. The lowest BCUT2D eigenvalue weighted by Gasteiger charge is -2.32. The van der Waals surface area contributed by atoms with Crippen molar-refractivity contribution in [3.8, 4) is 5.75 Å². The average Bonchev–Trinajstić information content (AvgIpc) is 2.73. The van der Waals surface area contributed by atoms with Crippen LogP contribution in [0.3, 0.4) is 0 Å². The summed E-state index contributed by atoms with van der Waals surface area (Å²) in [7, 11) is -6.66. The Bertz CT molecular complexity index is 1100. The number of carbonyl (C=O) groups excluding carboxylic acids is 2. The molecular formula is C18H14F10O8S. The van der Waals surface area contributed by atoms with Crippen molar-refractivity contribution in [3.05, 3.63) is 42.5 Å². The van der Waals surface area contributed by atoms with Crippen molar-refractivity contribution in [3.63, 3.8) is 0 Å². The summed E-state index contributed by atoms with van der Waals surface area (Å²) >= 11 is 0. The Morgan fingerprint density at radius 2 is 1.46 bits per heavy atom. The maximum Gasteiger partial charge on any atom is 0.468 e. The summed E-state index contributed by atoms with van der Waals surface area (Å²) in [6.07, 6.45) is -14.6. The molecule has 0 heterocycles. The maximum atomic E-state index is 13.8. The molecule has 0 aliphatic carbocycles. The first kappa shape index (κ1) is 32.1. The van der Waals surface area contributed by atoms with Crippen LogP contribution in [0.15, 0.2) is 36.9 Å². The molecule has 1 unspecified atom stereocenters. The average molecular weight is 580 g/mol. The maximum absolute atomic E-state index is 13.8. The molecule has 1 aromatic rings. The van der Waals surface area contributed by atoms with Gasteiger partial charge in [-0.2, -0.15) is 52.3 Å². The zero-order valence-corrected chi connectivity index (χ0v) is 18.5. The molecule has 0 saturated heterocycles. The van der Waals surface area contributed by atoms with Crippen LogP contribution in [0.4, 0.5) is 43.9 Å². The Morgan fingerprint density at radius 1 is 0.946 bits per heavy atom. The minimum Gasteiger partial charge on any atom is -0.421 e. The summed E-state index contributed by atoms with van der Waals surface area (Å²) in [6, 6.07) is 1.39. The van der Waals surface area contributed by atoms with Crippen molar-refractivity contribution in [2.45, 2.75) is 42.2 Å². The topological polar surface area (TPSA) is 116 Å². The molecule has 0 aromatic heterocycles. The molecule has 19 heteroatoms. The molecule has 0 spiro atoms. The molecule has 0 amide bonds. The molecule has 1 rings (SSSR count). The van der Waals surface area contributed by atoms with E-state index < -0.39 is 82.1 Å². The van der Waals surface area contributed by atoms with E-state index in [9.17, 15) is 61.9 Å². The van der Waals surface area contributed by atoms with Crippen LogP contribution in [0.5, 0.6) is 5.75 Å². The lowest BCUT2D eigenvalue weighted by molar-refractivity contribution is -0.352. The van der Waals surface area contributed by atoms with Crippen LogP contribution in [0.2, 0.25) is 0 Å². The normalized spacial score (nSPS) is 15.0. The second-order valence-corrected chi connectivity index (χ2v) is 8.26. The molecule has 0 bridgehead atoms. The van der Waals surface area contributed by atoms with Crippen molar-refractivity contribution in [1.82, 2.24) is 0 Å². The molecular weight excluding hydrogens is 566 g/mol. The number of hydrogen-bond acceptors (Lipinski definition) is 7. The summed E-state index contributed by atoms with van der Waals surface area (Å²) in [6.45, 7) is 1.03. The summed E-state index contributed by atoms with van der Waals surface area (Å²) in [5.74, 6) is -15.9. The molecule has 37 heavy (non-hydrogen) atoms. The Kier molecular flexibility index (Phi) is 9.39. The number of carbonyl (C=O) groups is 2. The summed E-state index contributed by atoms with van der Waals surface area (Å²) in [5, 5.41) is -6.06. The molecule has 1 aromatic carbocycles. The Morgan fingerprint density at radius 3 is 1.86 bits per heavy atom. The fourth-order valence-electron chi connectivity index (χ4n) is 2.30. The van der Waals surface area contributed by atoms with Gasteiger partial charge in [-0.15, -0.1) is 0 Å². The molecule has 0 aliphatic heterocycles. The highest BCUT2D eigenvalue weighted by atomic mass is 32.2. The fraction of sp³-hybridized carbons (Fsp3) is 0.444. The number of ether oxygens (including phenoxy) is 3. The highest BCUT2D eigenvalue weighted by Crippen LogP contribution is 2.42. The third kappa shape index (κ3) is 7.31. The number of esters is 2. The molecule has 0 fully saturated rings. The molecule has 210 valence electrons. The summed E-state index contributed by atoms with van der Waals surface area (Å²) < 4.78 is 174. The van der Waals surface area contributed by atoms with Gasteiger partial charge in [0.15, 0.2) is 0 Å². The minimum atomic E-state index is -6.66. The molecule has 1 atom stereocenters. The van der Waals surface area contributed by atoms with E-state index in [1.165, 1.54) is 0 Å². The van der Waals surface area contributed by atoms with E-state index >= 15 is 0 Å². The van der Waals surface area contributed by atoms with Gasteiger partial charge in [-0.25, -0.2) is 9.59 Å². The number of benzene rings is 1. The van der Waals surface area contributed by atoms with Gasteiger partial charge in [0.1, 0.15) is 5.75 Å². The lowest BCUT2D eigenvalue weighted by atomic mass is 10.2. The van der Waals surface area contributed by atoms with Crippen molar-refractivity contribution in [2.24, 2.45) is 0 Å². The van der Waals surface area contributed by atoms with Crippen LogP contribution in [0.25, 0.3) is 0 Å². The fourth-order valence-corrected chi connectivity index (χ4v) is 2.78. The lowest BCUT2D eigenvalue weighted by Crippen LogP contribution is -2.59. The first-order valence-electron chi connectivity index (χ1n) is 9.20. The van der Waals surface area contributed by atoms with E-state index in [2.05, 4.69) is 20.8 Å². The number of alkyl halides is 10. The summed E-state index contributed by atoms with van der Waals surface area (Å²) in [5.41, 5.74) is -1.30. The second kappa shape index (κ2) is 10.8. The van der Waals surface area contributed by atoms with Crippen LogP contribution in [0, 0.1) is 0 Å². The van der Waals surface area contributed by atoms with Gasteiger partial charge in [-0.3, -0.25) is 4.55 Å². The molecule has 0 radical (unpaired) electrons. The third-order valence-corrected chi connectivity index (χ3v) is 5.08. The van der Waals surface area contributed by atoms with Gasteiger partial charge in [0.2, 0.25) is 0 Å². The van der Waals surface area contributed by atoms with E-state index in [1.807, 2.05) is 0 Å². The third-order valence-electron chi connectivity index (χ3n) is 4.14. The minimum absolute atomic E-state index is 0.0933. The van der Waals surface area contributed by atoms with Crippen LogP contribution >= 0.6 is 0 Å². The smallest absolute Gasteiger partial charge is 0.421 e. The van der Waals surface area contributed by atoms with Crippen LogP contribution in [0.1, 0.15) is 18.4 Å². The van der Waals surface area contributed by atoms with Gasteiger partial charge in [0, 0.05) is 12.5 Å². The van der Waals surface area contributed by atoms with Crippen LogP contribution in [-0.2, 0) is 35.4 Å². The highest BCUT2D eigenvalue weighted by molar-refractivity contribution is 7.87. The highest BCUT2D eigenvalue weighted by Gasteiger charge is 2.68. The molecule has 8 nitrogen and oxygen atoms in total. The van der Waals surface area contributed by atoms with Crippen molar-refractivity contribution >= 4 is 22.1 Å². The van der Waals surface area contributed by atoms with Crippen LogP contribution in [-0.4, -0.2) is 54.7 Å². The molecule has 1 N–H and O–H groups in total. The number of hydrogen-bond donors (Lipinski definition) is 1. The first-order valence-corrected chi connectivity index (χ1v) is 10.6. The van der Waals surface area contributed by atoms with E-state index in [0.29, 0.717) is 24.3 Å². The molecule has 0 saturated carbocycles.